The third-order valence-corrected chi connectivity index (χ3v) is 11.3. The molecule has 272 valence electrons. The van der Waals surface area contributed by atoms with Gasteiger partial charge in [0.15, 0.2) is 5.58 Å². The highest BCUT2D eigenvalue weighted by Gasteiger charge is 2.20. The molecule has 0 spiro atoms. The molecule has 0 amide bonds. The maximum absolute atomic E-state index is 6.61. The molecule has 0 radical (unpaired) electrons. The summed E-state index contributed by atoms with van der Waals surface area (Å²) in [6.45, 7) is 0. The van der Waals surface area contributed by atoms with Crippen LogP contribution in [0.5, 0.6) is 0 Å². The highest BCUT2D eigenvalue weighted by Crippen LogP contribution is 2.44. The number of hydrogen-bond acceptors (Lipinski definition) is 3. The van der Waals surface area contributed by atoms with E-state index in [1.165, 1.54) is 32.7 Å². The van der Waals surface area contributed by atoms with Gasteiger partial charge in [-0.1, -0.05) is 164 Å². The second-order valence-corrected chi connectivity index (χ2v) is 14.7. The molecule has 0 atom stereocenters. The van der Waals surface area contributed by atoms with E-state index in [0.717, 1.165) is 66.8 Å². The minimum Gasteiger partial charge on any atom is -0.435 e. The van der Waals surface area contributed by atoms with Crippen molar-refractivity contribution in [2.75, 3.05) is 4.90 Å². The van der Waals surface area contributed by atoms with Crippen LogP contribution in [0.15, 0.2) is 223 Å². The Morgan fingerprint density at radius 1 is 0.345 bits per heavy atom. The van der Waals surface area contributed by atoms with Gasteiger partial charge in [-0.05, 0) is 104 Å². The van der Waals surface area contributed by atoms with Gasteiger partial charge in [-0.3, -0.25) is 0 Å². The van der Waals surface area contributed by atoms with E-state index < -0.39 is 0 Å². The second-order valence-electron chi connectivity index (χ2n) is 14.7. The van der Waals surface area contributed by atoms with Crippen molar-refractivity contribution in [2.45, 2.75) is 0 Å². The summed E-state index contributed by atoms with van der Waals surface area (Å²) in [6.07, 6.45) is 0. The van der Waals surface area contributed by atoms with Gasteiger partial charge in [-0.15, -0.1) is 0 Å². The molecule has 0 saturated carbocycles. The van der Waals surface area contributed by atoms with Crippen molar-refractivity contribution in [3.05, 3.63) is 218 Å². The van der Waals surface area contributed by atoms with Crippen LogP contribution in [0.3, 0.4) is 0 Å². The van der Waals surface area contributed by atoms with Crippen LogP contribution < -0.4 is 4.90 Å². The van der Waals surface area contributed by atoms with Crippen molar-refractivity contribution < 1.29 is 4.42 Å². The number of para-hydroxylation sites is 1. The number of hydrogen-bond donors (Lipinski definition) is 0. The normalized spacial score (nSPS) is 11.4. The Labute approximate surface area is 336 Å². The topological polar surface area (TPSA) is 29.3 Å². The van der Waals surface area contributed by atoms with E-state index in [1.54, 1.807) is 0 Å². The van der Waals surface area contributed by atoms with Crippen molar-refractivity contribution in [1.29, 1.82) is 0 Å². The number of anilines is 3. The minimum atomic E-state index is 0.619. The quantitative estimate of drug-likeness (QED) is 0.152. The van der Waals surface area contributed by atoms with E-state index in [0.29, 0.717) is 5.89 Å². The van der Waals surface area contributed by atoms with Crippen molar-refractivity contribution >= 4 is 60.5 Å². The molecule has 58 heavy (non-hydrogen) atoms. The zero-order chi connectivity index (χ0) is 38.4. The van der Waals surface area contributed by atoms with Crippen LogP contribution in [0, 0.1) is 0 Å². The minimum absolute atomic E-state index is 0.619. The number of nitrogens with zero attached hydrogens (tertiary/aromatic N) is 2. The SMILES string of the molecule is c1ccc(-c2nc3c(o2)c(-c2ccc(N(c4ccc(-c5cc6ccccc6c6ccccc56)cc4)c4ccccc4-c4ccccc4)cc2)cc2ccccc23)cc1. The Hall–Kier alpha value is -7.75. The Balaban J connectivity index is 1.05. The zero-order valence-corrected chi connectivity index (χ0v) is 31.6. The average Bonchev–Trinajstić information content (AvgIpc) is 3.76. The molecule has 0 fully saturated rings. The maximum Gasteiger partial charge on any atom is 0.227 e. The van der Waals surface area contributed by atoms with Crippen molar-refractivity contribution in [2.24, 2.45) is 0 Å². The Morgan fingerprint density at radius 2 is 0.828 bits per heavy atom. The summed E-state index contributed by atoms with van der Waals surface area (Å²) in [4.78, 5) is 7.41. The Bertz CT molecular complexity index is 3260. The number of aromatic nitrogens is 1. The van der Waals surface area contributed by atoms with Gasteiger partial charge in [0.25, 0.3) is 0 Å². The molecule has 1 heterocycles. The third kappa shape index (κ3) is 5.80. The van der Waals surface area contributed by atoms with Crippen LogP contribution >= 0.6 is 0 Å². The monoisotopic (exact) mass is 740 g/mol. The number of rotatable bonds is 7. The van der Waals surface area contributed by atoms with Crippen LogP contribution in [0.1, 0.15) is 0 Å². The van der Waals surface area contributed by atoms with Crippen LogP contribution in [0.2, 0.25) is 0 Å². The van der Waals surface area contributed by atoms with Crippen LogP contribution in [0.4, 0.5) is 17.1 Å². The van der Waals surface area contributed by atoms with Gasteiger partial charge in [0.05, 0.1) is 5.69 Å². The molecular formula is C55H36N2O. The smallest absolute Gasteiger partial charge is 0.227 e. The van der Waals surface area contributed by atoms with E-state index >= 15 is 0 Å². The first-order valence-electron chi connectivity index (χ1n) is 19.7. The molecule has 10 aromatic carbocycles. The molecule has 11 aromatic rings. The third-order valence-electron chi connectivity index (χ3n) is 11.3. The van der Waals surface area contributed by atoms with E-state index in [9.17, 15) is 0 Å². The van der Waals surface area contributed by atoms with Gasteiger partial charge in [0.2, 0.25) is 5.89 Å². The van der Waals surface area contributed by atoms with Crippen LogP contribution in [0.25, 0.3) is 88.3 Å². The van der Waals surface area contributed by atoms with Gasteiger partial charge in [-0.2, -0.15) is 0 Å². The predicted molar refractivity (Wildman–Crippen MR) is 243 cm³/mol. The largest absolute Gasteiger partial charge is 0.435 e. The standard InChI is InChI=1S/C55H36N2O/c1-3-15-37(16-4-1)46-22-13-14-26-52(46)57(43-31-27-38(28-32-43)50-35-41-19-7-9-21-45(41)48-24-11-12-25-49(48)50)44-33-29-39(30-34-44)51-36-42-20-8-10-23-47(42)53-54(51)58-55(56-53)40-17-5-2-6-18-40/h1-36H. The zero-order valence-electron chi connectivity index (χ0n) is 31.6. The summed E-state index contributed by atoms with van der Waals surface area (Å²) in [5.41, 5.74) is 12.6. The first-order chi connectivity index (χ1) is 28.8. The lowest BCUT2D eigenvalue weighted by Crippen LogP contribution is -2.11. The molecular weight excluding hydrogens is 705 g/mol. The first-order valence-corrected chi connectivity index (χ1v) is 19.7. The van der Waals surface area contributed by atoms with Crippen molar-refractivity contribution in [1.82, 2.24) is 4.98 Å². The summed E-state index contributed by atoms with van der Waals surface area (Å²) < 4.78 is 6.61. The second kappa shape index (κ2) is 14.1. The lowest BCUT2D eigenvalue weighted by atomic mass is 9.93. The summed E-state index contributed by atoms with van der Waals surface area (Å²) in [6, 6.07) is 77.7. The number of fused-ring (bicyclic) bond motifs is 6. The van der Waals surface area contributed by atoms with Gasteiger partial charge >= 0.3 is 0 Å². The summed E-state index contributed by atoms with van der Waals surface area (Å²) in [5, 5.41) is 7.23. The van der Waals surface area contributed by atoms with E-state index in [-0.39, 0.29) is 0 Å². The Kier molecular flexibility index (Phi) is 8.15. The lowest BCUT2D eigenvalue weighted by Gasteiger charge is -2.28. The highest BCUT2D eigenvalue weighted by atomic mass is 16.3. The molecule has 0 saturated heterocycles. The predicted octanol–water partition coefficient (Wildman–Crippen LogP) is 15.4. The molecule has 0 unspecified atom stereocenters. The molecule has 0 aliphatic carbocycles. The molecule has 1 aromatic heterocycles. The Morgan fingerprint density at radius 3 is 1.52 bits per heavy atom. The van der Waals surface area contributed by atoms with Gasteiger partial charge in [-0.25, -0.2) is 4.98 Å². The molecule has 3 nitrogen and oxygen atoms in total. The maximum atomic E-state index is 6.61. The first kappa shape index (κ1) is 33.6. The van der Waals surface area contributed by atoms with Gasteiger partial charge in [0.1, 0.15) is 5.52 Å². The van der Waals surface area contributed by atoms with Crippen LogP contribution in [-0.4, -0.2) is 4.98 Å². The molecule has 0 N–H and O–H groups in total. The van der Waals surface area contributed by atoms with E-state index in [2.05, 4.69) is 193 Å². The fourth-order valence-electron chi connectivity index (χ4n) is 8.49. The lowest BCUT2D eigenvalue weighted by molar-refractivity contribution is 0.621. The molecule has 3 heteroatoms. The van der Waals surface area contributed by atoms with Gasteiger partial charge < -0.3 is 9.32 Å². The highest BCUT2D eigenvalue weighted by molar-refractivity contribution is 6.14. The average molecular weight is 741 g/mol. The molecule has 11 rings (SSSR count). The fraction of sp³-hybridized carbons (Fsp3) is 0. The summed E-state index contributed by atoms with van der Waals surface area (Å²) in [5.74, 6) is 0.619. The molecule has 0 aliphatic heterocycles. The number of oxazole rings is 1. The fourth-order valence-corrected chi connectivity index (χ4v) is 8.49. The number of benzene rings is 10. The summed E-state index contributed by atoms with van der Waals surface area (Å²) in [7, 11) is 0. The molecule has 0 bridgehead atoms. The van der Waals surface area contributed by atoms with Gasteiger partial charge in [0, 0.05) is 33.5 Å². The van der Waals surface area contributed by atoms with Crippen molar-refractivity contribution in [3.8, 4) is 44.8 Å². The van der Waals surface area contributed by atoms with E-state index in [1.807, 2.05) is 30.3 Å². The van der Waals surface area contributed by atoms with Crippen LogP contribution in [-0.2, 0) is 0 Å². The summed E-state index contributed by atoms with van der Waals surface area (Å²) >= 11 is 0. The van der Waals surface area contributed by atoms with Crippen molar-refractivity contribution in [3.63, 3.8) is 0 Å². The molecule has 0 aliphatic rings. The van der Waals surface area contributed by atoms with E-state index in [4.69, 9.17) is 9.40 Å².